The molecule has 1 heterocycles. The van der Waals surface area contributed by atoms with Gasteiger partial charge in [-0.25, -0.2) is 13.1 Å². The monoisotopic (exact) mass is 388 g/mol. The van der Waals surface area contributed by atoms with E-state index in [-0.39, 0.29) is 24.0 Å². The Kier molecular flexibility index (Phi) is 5.64. The van der Waals surface area contributed by atoms with E-state index >= 15 is 0 Å². The highest BCUT2D eigenvalue weighted by Crippen LogP contribution is 2.22. The summed E-state index contributed by atoms with van der Waals surface area (Å²) in [5.74, 6) is -0.129. The molecule has 1 atom stereocenters. The Hall–Kier alpha value is -2.22. The standard InChI is InChI=1S/C20H24N2O4S/c1-14-4-8-19(9-5-14)27(24,25)21-11-18-12-22(20(23)13-26-18)17-7-6-15(2)16(3)10-17/h4-10,18,21H,11-13H2,1-3H3. The van der Waals surface area contributed by atoms with Gasteiger partial charge >= 0.3 is 0 Å². The van der Waals surface area contributed by atoms with E-state index in [4.69, 9.17) is 4.74 Å². The topological polar surface area (TPSA) is 75.7 Å². The molecule has 6 nitrogen and oxygen atoms in total. The van der Waals surface area contributed by atoms with Crippen molar-refractivity contribution in [3.8, 4) is 0 Å². The van der Waals surface area contributed by atoms with Gasteiger partial charge in [0.15, 0.2) is 0 Å². The van der Waals surface area contributed by atoms with E-state index in [1.54, 1.807) is 29.2 Å². The number of hydrogen-bond donors (Lipinski definition) is 1. The average molecular weight is 388 g/mol. The Bertz CT molecular complexity index is 939. The second kappa shape index (κ2) is 7.80. The predicted octanol–water partition coefficient (Wildman–Crippen LogP) is 2.32. The molecule has 0 bridgehead atoms. The van der Waals surface area contributed by atoms with Crippen LogP contribution in [0.3, 0.4) is 0 Å². The average Bonchev–Trinajstić information content (AvgIpc) is 2.64. The maximum absolute atomic E-state index is 12.4. The zero-order valence-electron chi connectivity index (χ0n) is 15.7. The molecule has 7 heteroatoms. The second-order valence-electron chi connectivity index (χ2n) is 6.87. The minimum atomic E-state index is -3.62. The fourth-order valence-electron chi connectivity index (χ4n) is 2.89. The summed E-state index contributed by atoms with van der Waals surface area (Å²) in [7, 11) is -3.62. The minimum absolute atomic E-state index is 0.0656. The number of benzene rings is 2. The molecule has 0 saturated carbocycles. The summed E-state index contributed by atoms with van der Waals surface area (Å²) in [5, 5.41) is 0. The van der Waals surface area contributed by atoms with Crippen LogP contribution in [0.4, 0.5) is 5.69 Å². The predicted molar refractivity (Wildman–Crippen MR) is 104 cm³/mol. The highest BCUT2D eigenvalue weighted by atomic mass is 32.2. The van der Waals surface area contributed by atoms with E-state index in [0.29, 0.717) is 6.54 Å². The van der Waals surface area contributed by atoms with E-state index in [1.807, 2.05) is 39.0 Å². The quantitative estimate of drug-likeness (QED) is 0.853. The van der Waals surface area contributed by atoms with Crippen molar-refractivity contribution >= 4 is 21.6 Å². The zero-order chi connectivity index (χ0) is 19.6. The molecule has 0 aliphatic carbocycles. The first kappa shape index (κ1) is 19.5. The lowest BCUT2D eigenvalue weighted by Gasteiger charge is -2.33. The number of hydrogen-bond acceptors (Lipinski definition) is 4. The van der Waals surface area contributed by atoms with Gasteiger partial charge in [-0.1, -0.05) is 23.8 Å². The van der Waals surface area contributed by atoms with Gasteiger partial charge < -0.3 is 9.64 Å². The van der Waals surface area contributed by atoms with E-state index in [0.717, 1.165) is 22.4 Å². The fraction of sp³-hybridized carbons (Fsp3) is 0.350. The summed E-state index contributed by atoms with van der Waals surface area (Å²) in [6.07, 6.45) is -0.412. The summed E-state index contributed by atoms with van der Waals surface area (Å²) < 4.78 is 33.0. The van der Waals surface area contributed by atoms with Gasteiger partial charge in [0.05, 0.1) is 17.5 Å². The second-order valence-corrected chi connectivity index (χ2v) is 8.64. The highest BCUT2D eigenvalue weighted by Gasteiger charge is 2.28. The minimum Gasteiger partial charge on any atom is -0.365 e. The number of sulfonamides is 1. The lowest BCUT2D eigenvalue weighted by atomic mass is 10.1. The van der Waals surface area contributed by atoms with E-state index < -0.39 is 16.1 Å². The summed E-state index contributed by atoms with van der Waals surface area (Å²) in [5.41, 5.74) is 4.05. The van der Waals surface area contributed by atoms with Crippen molar-refractivity contribution in [1.82, 2.24) is 4.72 Å². The number of amides is 1. The first-order chi connectivity index (χ1) is 12.8. The van der Waals surface area contributed by atoms with Gasteiger partial charge in [-0.15, -0.1) is 0 Å². The number of ether oxygens (including phenoxy) is 1. The van der Waals surface area contributed by atoms with Crippen LogP contribution in [0.2, 0.25) is 0 Å². The van der Waals surface area contributed by atoms with Crippen LogP contribution < -0.4 is 9.62 Å². The molecule has 144 valence electrons. The summed E-state index contributed by atoms with van der Waals surface area (Å²) in [4.78, 5) is 14.1. The summed E-state index contributed by atoms with van der Waals surface area (Å²) in [6.45, 7) is 6.25. The number of carbonyl (C=O) groups is 1. The van der Waals surface area contributed by atoms with Gasteiger partial charge in [-0.05, 0) is 56.2 Å². The van der Waals surface area contributed by atoms with Crippen LogP contribution >= 0.6 is 0 Å². The number of aryl methyl sites for hydroxylation is 3. The number of nitrogens with zero attached hydrogens (tertiary/aromatic N) is 1. The number of carbonyl (C=O) groups excluding carboxylic acids is 1. The summed E-state index contributed by atoms with van der Waals surface area (Å²) in [6, 6.07) is 12.5. The number of nitrogens with one attached hydrogen (secondary N) is 1. The van der Waals surface area contributed by atoms with Crippen molar-refractivity contribution < 1.29 is 17.9 Å². The molecule has 1 saturated heterocycles. The molecule has 0 radical (unpaired) electrons. The molecule has 1 aliphatic rings. The SMILES string of the molecule is Cc1ccc(S(=O)(=O)NCC2CN(c3ccc(C)c(C)c3)C(=O)CO2)cc1. The normalized spacial score (nSPS) is 18.0. The van der Waals surface area contributed by atoms with Crippen LogP contribution in [0.25, 0.3) is 0 Å². The largest absolute Gasteiger partial charge is 0.365 e. The molecular formula is C20H24N2O4S. The van der Waals surface area contributed by atoms with Crippen LogP contribution in [0.15, 0.2) is 47.4 Å². The van der Waals surface area contributed by atoms with Crippen LogP contribution in [0.1, 0.15) is 16.7 Å². The van der Waals surface area contributed by atoms with Gasteiger partial charge in [0.2, 0.25) is 10.0 Å². The molecule has 1 aliphatic heterocycles. The molecular weight excluding hydrogens is 364 g/mol. The van der Waals surface area contributed by atoms with Crippen molar-refractivity contribution in [3.63, 3.8) is 0 Å². The third-order valence-electron chi connectivity index (χ3n) is 4.76. The Morgan fingerprint density at radius 2 is 1.78 bits per heavy atom. The Morgan fingerprint density at radius 1 is 1.07 bits per heavy atom. The molecule has 0 aromatic heterocycles. The van der Waals surface area contributed by atoms with Gasteiger partial charge in [0.1, 0.15) is 6.61 Å². The third-order valence-corrected chi connectivity index (χ3v) is 6.20. The maximum atomic E-state index is 12.4. The van der Waals surface area contributed by atoms with Gasteiger partial charge in [-0.2, -0.15) is 0 Å². The lowest BCUT2D eigenvalue weighted by molar-refractivity contribution is -0.129. The van der Waals surface area contributed by atoms with Crippen LogP contribution in [-0.4, -0.2) is 40.1 Å². The maximum Gasteiger partial charge on any atom is 0.253 e. The van der Waals surface area contributed by atoms with Gasteiger partial charge in [0.25, 0.3) is 5.91 Å². The smallest absolute Gasteiger partial charge is 0.253 e. The van der Waals surface area contributed by atoms with Crippen molar-refractivity contribution in [3.05, 3.63) is 59.2 Å². The molecule has 2 aromatic rings. The van der Waals surface area contributed by atoms with Gasteiger partial charge in [0, 0.05) is 12.2 Å². The van der Waals surface area contributed by atoms with Crippen LogP contribution in [0.5, 0.6) is 0 Å². The Balaban J connectivity index is 1.68. The first-order valence-electron chi connectivity index (χ1n) is 8.82. The summed E-state index contributed by atoms with van der Waals surface area (Å²) >= 11 is 0. The van der Waals surface area contributed by atoms with Gasteiger partial charge in [-0.3, -0.25) is 4.79 Å². The van der Waals surface area contributed by atoms with Crippen molar-refractivity contribution in [2.24, 2.45) is 0 Å². The zero-order valence-corrected chi connectivity index (χ0v) is 16.5. The molecule has 1 unspecified atom stereocenters. The molecule has 27 heavy (non-hydrogen) atoms. The van der Waals surface area contributed by atoms with Crippen LogP contribution in [-0.2, 0) is 19.6 Å². The molecule has 2 aromatic carbocycles. The van der Waals surface area contributed by atoms with Crippen LogP contribution in [0, 0.1) is 20.8 Å². The number of rotatable bonds is 5. The highest BCUT2D eigenvalue weighted by molar-refractivity contribution is 7.89. The molecule has 1 fully saturated rings. The number of morpholine rings is 1. The first-order valence-corrected chi connectivity index (χ1v) is 10.3. The molecule has 1 N–H and O–H groups in total. The van der Waals surface area contributed by atoms with Crippen molar-refractivity contribution in [1.29, 1.82) is 0 Å². The molecule has 0 spiro atoms. The Labute approximate surface area is 160 Å². The fourth-order valence-corrected chi connectivity index (χ4v) is 3.96. The third kappa shape index (κ3) is 4.55. The lowest BCUT2D eigenvalue weighted by Crippen LogP contribution is -2.50. The Morgan fingerprint density at radius 3 is 2.44 bits per heavy atom. The van der Waals surface area contributed by atoms with E-state index in [9.17, 15) is 13.2 Å². The van der Waals surface area contributed by atoms with E-state index in [1.165, 1.54) is 0 Å². The van der Waals surface area contributed by atoms with Crippen molar-refractivity contribution in [2.45, 2.75) is 31.8 Å². The van der Waals surface area contributed by atoms with Crippen molar-refractivity contribution in [2.75, 3.05) is 24.6 Å². The molecule has 1 amide bonds. The number of anilines is 1. The molecule has 3 rings (SSSR count). The van der Waals surface area contributed by atoms with E-state index in [2.05, 4.69) is 4.72 Å².